The van der Waals surface area contributed by atoms with Crippen LogP contribution in [0.15, 0.2) is 90.5 Å². The van der Waals surface area contributed by atoms with Gasteiger partial charge in [-0.2, -0.15) is 0 Å². The van der Waals surface area contributed by atoms with Crippen molar-refractivity contribution in [3.8, 4) is 17.1 Å². The molecule has 5 aromatic rings. The van der Waals surface area contributed by atoms with E-state index >= 15 is 0 Å². The van der Waals surface area contributed by atoms with E-state index in [0.29, 0.717) is 16.5 Å². The number of carbonyl (C=O) groups excluding carboxylic acids is 1. The summed E-state index contributed by atoms with van der Waals surface area (Å²) in [4.78, 5) is 20.3. The number of rotatable bonds is 6. The number of fused-ring (bicyclic) bond motifs is 1. The van der Waals surface area contributed by atoms with Gasteiger partial charge in [0.2, 0.25) is 0 Å². The maximum Gasteiger partial charge on any atom is 0.196 e. The SMILES string of the molecule is O=C(CSc1nnc(-c2cccnc2)n1-c1ccccc1)c1c[nH]c2ccccc12. The van der Waals surface area contributed by atoms with Crippen molar-refractivity contribution in [2.24, 2.45) is 0 Å². The van der Waals surface area contributed by atoms with Crippen molar-refractivity contribution < 1.29 is 4.79 Å². The number of ketones is 1. The molecule has 0 bridgehead atoms. The van der Waals surface area contributed by atoms with Crippen molar-refractivity contribution in [2.45, 2.75) is 5.16 Å². The van der Waals surface area contributed by atoms with Gasteiger partial charge in [-0.25, -0.2) is 0 Å². The van der Waals surface area contributed by atoms with E-state index in [1.807, 2.05) is 71.3 Å². The van der Waals surface area contributed by atoms with Crippen LogP contribution in [-0.4, -0.2) is 36.3 Å². The minimum atomic E-state index is 0.0444. The molecule has 0 fully saturated rings. The molecule has 5 rings (SSSR count). The van der Waals surface area contributed by atoms with Crippen molar-refractivity contribution in [2.75, 3.05) is 5.75 Å². The normalized spacial score (nSPS) is 11.1. The van der Waals surface area contributed by atoms with E-state index in [1.165, 1.54) is 11.8 Å². The first-order valence-electron chi connectivity index (χ1n) is 9.44. The molecule has 6 nitrogen and oxygen atoms in total. The summed E-state index contributed by atoms with van der Waals surface area (Å²) in [6, 6.07) is 21.5. The Balaban J connectivity index is 1.47. The van der Waals surface area contributed by atoms with Crippen LogP contribution in [0.2, 0.25) is 0 Å². The number of aromatic nitrogens is 5. The first kappa shape index (κ1) is 18.3. The smallest absolute Gasteiger partial charge is 0.196 e. The largest absolute Gasteiger partial charge is 0.360 e. The number of nitrogens with zero attached hydrogens (tertiary/aromatic N) is 4. The Morgan fingerprint density at radius 2 is 1.80 bits per heavy atom. The molecule has 0 unspecified atom stereocenters. The minimum Gasteiger partial charge on any atom is -0.360 e. The quantitative estimate of drug-likeness (QED) is 0.321. The molecule has 1 N–H and O–H groups in total. The Hall–Kier alpha value is -3.71. The van der Waals surface area contributed by atoms with Gasteiger partial charge in [0.05, 0.1) is 5.75 Å². The van der Waals surface area contributed by atoms with Crippen LogP contribution < -0.4 is 0 Å². The van der Waals surface area contributed by atoms with Crippen LogP contribution in [0.3, 0.4) is 0 Å². The molecule has 2 aromatic carbocycles. The fourth-order valence-corrected chi connectivity index (χ4v) is 4.20. The lowest BCUT2D eigenvalue weighted by Gasteiger charge is -2.10. The second-order valence-electron chi connectivity index (χ2n) is 6.68. The summed E-state index contributed by atoms with van der Waals surface area (Å²) in [5, 5.41) is 10.4. The summed E-state index contributed by atoms with van der Waals surface area (Å²) in [6.07, 6.45) is 5.26. The Bertz CT molecular complexity index is 1310. The Morgan fingerprint density at radius 1 is 0.967 bits per heavy atom. The number of nitrogens with one attached hydrogen (secondary N) is 1. The Labute approximate surface area is 177 Å². The molecule has 0 atom stereocenters. The molecular formula is C23H17N5OS. The van der Waals surface area contributed by atoms with Crippen LogP contribution in [0, 0.1) is 0 Å². The van der Waals surface area contributed by atoms with E-state index < -0.39 is 0 Å². The molecule has 0 aliphatic rings. The number of Topliss-reactive ketones (excluding diaryl/α,β-unsaturated/α-hetero) is 1. The number of benzene rings is 2. The van der Waals surface area contributed by atoms with Gasteiger partial charge < -0.3 is 4.98 Å². The van der Waals surface area contributed by atoms with E-state index in [1.54, 1.807) is 18.6 Å². The van der Waals surface area contributed by atoms with Gasteiger partial charge in [-0.15, -0.1) is 10.2 Å². The van der Waals surface area contributed by atoms with Crippen molar-refractivity contribution in [3.63, 3.8) is 0 Å². The monoisotopic (exact) mass is 411 g/mol. The van der Waals surface area contributed by atoms with Crippen LogP contribution in [0.1, 0.15) is 10.4 Å². The highest BCUT2D eigenvalue weighted by atomic mass is 32.2. The lowest BCUT2D eigenvalue weighted by Crippen LogP contribution is -2.04. The zero-order valence-electron chi connectivity index (χ0n) is 15.9. The molecule has 0 spiro atoms. The summed E-state index contributed by atoms with van der Waals surface area (Å²) in [7, 11) is 0. The van der Waals surface area contributed by atoms with Crippen molar-refractivity contribution in [3.05, 3.63) is 90.9 Å². The maximum absolute atomic E-state index is 12.9. The predicted octanol–water partition coefficient (Wildman–Crippen LogP) is 4.79. The summed E-state index contributed by atoms with van der Waals surface area (Å²) in [5.74, 6) is 0.999. The van der Waals surface area contributed by atoms with E-state index in [2.05, 4.69) is 20.2 Å². The van der Waals surface area contributed by atoms with E-state index in [9.17, 15) is 4.79 Å². The fraction of sp³-hybridized carbons (Fsp3) is 0.0435. The van der Waals surface area contributed by atoms with E-state index in [-0.39, 0.29) is 11.5 Å². The lowest BCUT2D eigenvalue weighted by molar-refractivity contribution is 0.102. The molecule has 0 saturated heterocycles. The first-order chi connectivity index (χ1) is 14.8. The number of H-pyrrole nitrogens is 1. The maximum atomic E-state index is 12.9. The van der Waals surface area contributed by atoms with Crippen LogP contribution in [-0.2, 0) is 0 Å². The molecule has 7 heteroatoms. The number of aromatic amines is 1. The number of hydrogen-bond acceptors (Lipinski definition) is 5. The third kappa shape index (κ3) is 3.40. The molecule has 0 aliphatic carbocycles. The molecule has 0 saturated carbocycles. The number of para-hydroxylation sites is 2. The number of thioether (sulfide) groups is 1. The van der Waals surface area contributed by atoms with Gasteiger partial charge >= 0.3 is 0 Å². The highest BCUT2D eigenvalue weighted by molar-refractivity contribution is 7.99. The van der Waals surface area contributed by atoms with Gasteiger partial charge in [0.25, 0.3) is 0 Å². The van der Waals surface area contributed by atoms with Crippen LogP contribution in [0.5, 0.6) is 0 Å². The average Bonchev–Trinajstić information content (AvgIpc) is 3.43. The molecule has 0 aliphatic heterocycles. The summed E-state index contributed by atoms with van der Waals surface area (Å²) < 4.78 is 1.96. The Kier molecular flexibility index (Phi) is 4.86. The third-order valence-electron chi connectivity index (χ3n) is 4.79. The number of pyridine rings is 1. The lowest BCUT2D eigenvalue weighted by atomic mass is 10.1. The molecule has 0 radical (unpaired) electrons. The number of hydrogen-bond donors (Lipinski definition) is 1. The standard InChI is InChI=1S/C23H17N5OS/c29-21(19-14-25-20-11-5-4-10-18(19)20)15-30-23-27-26-22(16-7-6-12-24-13-16)28(23)17-8-2-1-3-9-17/h1-14,25H,15H2. The molecule has 3 aromatic heterocycles. The van der Waals surface area contributed by atoms with Crippen LogP contribution in [0.4, 0.5) is 0 Å². The topological polar surface area (TPSA) is 76.5 Å². The molecule has 146 valence electrons. The summed E-state index contributed by atoms with van der Waals surface area (Å²) >= 11 is 1.38. The number of carbonyl (C=O) groups is 1. The van der Waals surface area contributed by atoms with Gasteiger partial charge in [-0.1, -0.05) is 48.2 Å². The van der Waals surface area contributed by atoms with Gasteiger partial charge in [0.1, 0.15) is 0 Å². The van der Waals surface area contributed by atoms with E-state index in [0.717, 1.165) is 22.2 Å². The first-order valence-corrected chi connectivity index (χ1v) is 10.4. The molecular weight excluding hydrogens is 394 g/mol. The highest BCUT2D eigenvalue weighted by Crippen LogP contribution is 2.28. The van der Waals surface area contributed by atoms with Crippen molar-refractivity contribution in [1.82, 2.24) is 24.7 Å². The van der Waals surface area contributed by atoms with Gasteiger partial charge in [-0.3, -0.25) is 14.3 Å². The second kappa shape index (κ2) is 7.96. The average molecular weight is 411 g/mol. The van der Waals surface area contributed by atoms with Gasteiger partial charge in [0.15, 0.2) is 16.8 Å². The van der Waals surface area contributed by atoms with Crippen LogP contribution in [0.25, 0.3) is 28.0 Å². The van der Waals surface area contributed by atoms with Crippen molar-refractivity contribution in [1.29, 1.82) is 0 Å². The molecule has 30 heavy (non-hydrogen) atoms. The van der Waals surface area contributed by atoms with Crippen molar-refractivity contribution >= 4 is 28.4 Å². The summed E-state index contributed by atoms with van der Waals surface area (Å²) in [6.45, 7) is 0. The zero-order valence-corrected chi connectivity index (χ0v) is 16.7. The second-order valence-corrected chi connectivity index (χ2v) is 7.62. The predicted molar refractivity (Wildman–Crippen MR) is 118 cm³/mol. The minimum absolute atomic E-state index is 0.0444. The zero-order chi connectivity index (χ0) is 20.3. The highest BCUT2D eigenvalue weighted by Gasteiger charge is 2.19. The molecule has 0 amide bonds. The molecule has 3 heterocycles. The third-order valence-corrected chi connectivity index (χ3v) is 5.72. The Morgan fingerprint density at radius 3 is 2.63 bits per heavy atom. The van der Waals surface area contributed by atoms with Crippen LogP contribution >= 0.6 is 11.8 Å². The summed E-state index contributed by atoms with van der Waals surface area (Å²) in [5.41, 5.74) is 3.44. The van der Waals surface area contributed by atoms with Gasteiger partial charge in [-0.05, 0) is 30.3 Å². The van der Waals surface area contributed by atoms with Gasteiger partial charge in [0, 0.05) is 46.3 Å². The fourth-order valence-electron chi connectivity index (χ4n) is 3.37. The van der Waals surface area contributed by atoms with E-state index in [4.69, 9.17) is 0 Å².